The highest BCUT2D eigenvalue weighted by Gasteiger charge is 2.27. The van der Waals surface area contributed by atoms with E-state index in [1.807, 2.05) is 16.9 Å². The second-order valence-corrected chi connectivity index (χ2v) is 4.68. The monoisotopic (exact) mass is 238 g/mol. The van der Waals surface area contributed by atoms with Crippen molar-refractivity contribution >= 4 is 0 Å². The van der Waals surface area contributed by atoms with Gasteiger partial charge in [-0.05, 0) is 19.5 Å². The van der Waals surface area contributed by atoms with Gasteiger partial charge >= 0.3 is 0 Å². The topological polar surface area (TPSA) is 56.3 Å². The largest absolute Gasteiger partial charge is 0.374 e. The van der Waals surface area contributed by atoms with Gasteiger partial charge in [0.1, 0.15) is 0 Å². The van der Waals surface area contributed by atoms with Gasteiger partial charge in [0.15, 0.2) is 0 Å². The molecule has 0 spiro atoms. The van der Waals surface area contributed by atoms with Gasteiger partial charge in [0.2, 0.25) is 0 Å². The van der Waals surface area contributed by atoms with E-state index in [1.54, 1.807) is 0 Å². The minimum Gasteiger partial charge on any atom is -0.374 e. The summed E-state index contributed by atoms with van der Waals surface area (Å²) < 4.78 is 7.75. The number of hydrogen-bond donors (Lipinski definition) is 1. The molecule has 2 unspecified atom stereocenters. The van der Waals surface area contributed by atoms with Gasteiger partial charge in [-0.2, -0.15) is 5.10 Å². The van der Waals surface area contributed by atoms with Crippen LogP contribution in [0.3, 0.4) is 0 Å². The molecule has 2 heterocycles. The van der Waals surface area contributed by atoms with Gasteiger partial charge in [-0.15, -0.1) is 0 Å². The van der Waals surface area contributed by atoms with Crippen LogP contribution in [-0.4, -0.2) is 47.5 Å². The highest BCUT2D eigenvalue weighted by atomic mass is 16.5. The maximum atomic E-state index is 6.29. The first-order valence-corrected chi connectivity index (χ1v) is 6.29. The Bertz CT molecular complexity index is 352. The number of rotatable bonds is 4. The minimum atomic E-state index is -0.0909. The third-order valence-corrected chi connectivity index (χ3v) is 3.22. The summed E-state index contributed by atoms with van der Waals surface area (Å²) in [6.07, 6.45) is 2.95. The SMILES string of the molecule is CCCn1nccc1C(N)C1CN(C)CCO1. The van der Waals surface area contributed by atoms with Crippen LogP contribution in [0.25, 0.3) is 0 Å². The fourth-order valence-corrected chi connectivity index (χ4v) is 2.24. The van der Waals surface area contributed by atoms with Crippen LogP contribution in [0.15, 0.2) is 12.3 Å². The molecule has 0 radical (unpaired) electrons. The molecular formula is C12H22N4O. The summed E-state index contributed by atoms with van der Waals surface area (Å²) in [6.45, 7) is 5.69. The molecule has 1 aromatic heterocycles. The molecule has 96 valence electrons. The summed E-state index contributed by atoms with van der Waals surface area (Å²) in [7, 11) is 2.10. The van der Waals surface area contributed by atoms with Crippen molar-refractivity contribution in [3.05, 3.63) is 18.0 Å². The van der Waals surface area contributed by atoms with Crippen molar-refractivity contribution in [1.29, 1.82) is 0 Å². The number of aromatic nitrogens is 2. The van der Waals surface area contributed by atoms with Crippen molar-refractivity contribution in [2.45, 2.75) is 32.0 Å². The molecule has 0 aliphatic carbocycles. The first-order chi connectivity index (χ1) is 8.22. The van der Waals surface area contributed by atoms with Crippen molar-refractivity contribution in [2.24, 2.45) is 5.73 Å². The van der Waals surface area contributed by atoms with Crippen LogP contribution in [-0.2, 0) is 11.3 Å². The van der Waals surface area contributed by atoms with E-state index < -0.39 is 0 Å². The van der Waals surface area contributed by atoms with E-state index in [1.165, 1.54) is 0 Å². The Kier molecular flexibility index (Phi) is 4.15. The average molecular weight is 238 g/mol. The van der Waals surface area contributed by atoms with E-state index in [9.17, 15) is 0 Å². The second-order valence-electron chi connectivity index (χ2n) is 4.68. The van der Waals surface area contributed by atoms with Crippen molar-refractivity contribution in [2.75, 3.05) is 26.7 Å². The number of ether oxygens (including phenoxy) is 1. The quantitative estimate of drug-likeness (QED) is 0.835. The van der Waals surface area contributed by atoms with Gasteiger partial charge in [0, 0.05) is 25.8 Å². The van der Waals surface area contributed by atoms with Gasteiger partial charge in [-0.1, -0.05) is 6.92 Å². The molecule has 2 N–H and O–H groups in total. The second kappa shape index (κ2) is 5.62. The van der Waals surface area contributed by atoms with Crippen molar-refractivity contribution in [3.63, 3.8) is 0 Å². The maximum Gasteiger partial charge on any atom is 0.0909 e. The van der Waals surface area contributed by atoms with Gasteiger partial charge < -0.3 is 15.4 Å². The molecule has 1 fully saturated rings. The molecular weight excluding hydrogens is 216 g/mol. The lowest BCUT2D eigenvalue weighted by Crippen LogP contribution is -2.45. The van der Waals surface area contributed by atoms with E-state index in [0.29, 0.717) is 0 Å². The van der Waals surface area contributed by atoms with Crippen LogP contribution in [0.5, 0.6) is 0 Å². The van der Waals surface area contributed by atoms with E-state index in [4.69, 9.17) is 10.5 Å². The standard InChI is InChI=1S/C12H22N4O/c1-3-6-16-10(4-5-14-16)12(13)11-9-15(2)7-8-17-11/h4-5,11-12H,3,6-9,13H2,1-2H3. The van der Waals surface area contributed by atoms with Crippen LogP contribution in [0.1, 0.15) is 25.1 Å². The van der Waals surface area contributed by atoms with Gasteiger partial charge in [0.05, 0.1) is 24.4 Å². The molecule has 2 atom stereocenters. The zero-order valence-electron chi connectivity index (χ0n) is 10.7. The van der Waals surface area contributed by atoms with Crippen molar-refractivity contribution < 1.29 is 4.74 Å². The summed E-state index contributed by atoms with van der Waals surface area (Å²) in [5, 5.41) is 4.31. The molecule has 0 bridgehead atoms. The lowest BCUT2D eigenvalue weighted by atomic mass is 10.1. The van der Waals surface area contributed by atoms with E-state index in [-0.39, 0.29) is 12.1 Å². The van der Waals surface area contributed by atoms with Gasteiger partial charge in [-0.25, -0.2) is 0 Å². The Morgan fingerprint density at radius 3 is 3.18 bits per heavy atom. The van der Waals surface area contributed by atoms with Crippen molar-refractivity contribution in [1.82, 2.24) is 14.7 Å². The van der Waals surface area contributed by atoms with Crippen LogP contribution >= 0.6 is 0 Å². The summed E-state index contributed by atoms with van der Waals surface area (Å²) >= 11 is 0. The highest BCUT2D eigenvalue weighted by Crippen LogP contribution is 2.19. The Morgan fingerprint density at radius 1 is 1.65 bits per heavy atom. The number of aryl methyl sites for hydroxylation is 1. The molecule has 1 aromatic rings. The molecule has 1 aliphatic rings. The Hall–Kier alpha value is -0.910. The highest BCUT2D eigenvalue weighted by molar-refractivity contribution is 5.09. The molecule has 5 heteroatoms. The van der Waals surface area contributed by atoms with Crippen LogP contribution in [0, 0.1) is 0 Å². The zero-order valence-corrected chi connectivity index (χ0v) is 10.7. The summed E-state index contributed by atoms with van der Waals surface area (Å²) in [5.41, 5.74) is 7.37. The molecule has 17 heavy (non-hydrogen) atoms. The normalized spacial score (nSPS) is 23.8. The van der Waals surface area contributed by atoms with Gasteiger partial charge in [0.25, 0.3) is 0 Å². The molecule has 5 nitrogen and oxygen atoms in total. The Balaban J connectivity index is 2.07. The number of nitrogens with two attached hydrogens (primary N) is 1. The minimum absolute atomic E-state index is 0.0704. The molecule has 1 saturated heterocycles. The number of likely N-dealkylation sites (N-methyl/N-ethyl adjacent to an activating group) is 1. The summed E-state index contributed by atoms with van der Waals surface area (Å²) in [6, 6.07) is 1.91. The predicted molar refractivity (Wildman–Crippen MR) is 66.7 cm³/mol. The maximum absolute atomic E-state index is 6.29. The Labute approximate surface area is 103 Å². The van der Waals surface area contributed by atoms with Crippen LogP contribution in [0.2, 0.25) is 0 Å². The molecule has 0 aromatic carbocycles. The fourth-order valence-electron chi connectivity index (χ4n) is 2.24. The third-order valence-electron chi connectivity index (χ3n) is 3.22. The number of nitrogens with zero attached hydrogens (tertiary/aromatic N) is 3. The number of morpholine rings is 1. The first-order valence-electron chi connectivity index (χ1n) is 6.29. The van der Waals surface area contributed by atoms with Gasteiger partial charge in [-0.3, -0.25) is 4.68 Å². The fraction of sp³-hybridized carbons (Fsp3) is 0.750. The van der Waals surface area contributed by atoms with E-state index >= 15 is 0 Å². The average Bonchev–Trinajstić information content (AvgIpc) is 2.77. The van der Waals surface area contributed by atoms with Crippen LogP contribution < -0.4 is 5.73 Å². The predicted octanol–water partition coefficient (Wildman–Crippen LogP) is 0.624. The Morgan fingerprint density at radius 2 is 2.47 bits per heavy atom. The lowest BCUT2D eigenvalue weighted by molar-refractivity contribution is -0.0339. The first kappa shape index (κ1) is 12.5. The molecule has 0 saturated carbocycles. The smallest absolute Gasteiger partial charge is 0.0909 e. The number of hydrogen-bond acceptors (Lipinski definition) is 4. The summed E-state index contributed by atoms with van der Waals surface area (Å²) in [4.78, 5) is 2.26. The summed E-state index contributed by atoms with van der Waals surface area (Å²) in [5.74, 6) is 0. The van der Waals surface area contributed by atoms with Crippen molar-refractivity contribution in [3.8, 4) is 0 Å². The zero-order chi connectivity index (χ0) is 12.3. The van der Waals surface area contributed by atoms with E-state index in [0.717, 1.165) is 38.4 Å². The lowest BCUT2D eigenvalue weighted by Gasteiger charge is -2.33. The third kappa shape index (κ3) is 2.86. The molecule has 0 amide bonds. The van der Waals surface area contributed by atoms with Crippen LogP contribution in [0.4, 0.5) is 0 Å². The molecule has 2 rings (SSSR count). The van der Waals surface area contributed by atoms with E-state index in [2.05, 4.69) is 24.0 Å². The molecule has 1 aliphatic heterocycles.